The molecule has 0 saturated carbocycles. The number of carbonyl (C=O) groups is 2. The molecular weight excluding hydrogens is 407 g/mol. The molecule has 26 heavy (non-hydrogen) atoms. The number of amides is 2. The highest BCUT2D eigenvalue weighted by molar-refractivity contribution is 6.67. The second kappa shape index (κ2) is 9.32. The molecule has 142 valence electrons. The van der Waals surface area contributed by atoms with Gasteiger partial charge in [0.15, 0.2) is 0 Å². The normalized spacial score (nSPS) is 19.2. The summed E-state index contributed by atoms with van der Waals surface area (Å²) in [5.41, 5.74) is 2.98. The molecule has 0 radical (unpaired) electrons. The number of halogens is 3. The first-order valence-corrected chi connectivity index (χ1v) is 8.75. The second-order valence-electron chi connectivity index (χ2n) is 5.50. The Labute approximate surface area is 165 Å². The van der Waals surface area contributed by atoms with Gasteiger partial charge in [0.1, 0.15) is 12.7 Å². The van der Waals surface area contributed by atoms with Crippen molar-refractivity contribution in [3.8, 4) is 0 Å². The molecule has 7 nitrogen and oxygen atoms in total. The van der Waals surface area contributed by atoms with Gasteiger partial charge in [0.2, 0.25) is 3.79 Å². The molecule has 2 amide bonds. The summed E-state index contributed by atoms with van der Waals surface area (Å²) in [6.07, 6.45) is 0.999. The quantitative estimate of drug-likeness (QED) is 0.412. The molecule has 1 aliphatic rings. The fraction of sp³-hybridized carbons (Fsp3) is 0.375. The minimum atomic E-state index is -1.78. The van der Waals surface area contributed by atoms with Crippen molar-refractivity contribution in [3.05, 3.63) is 48.0 Å². The van der Waals surface area contributed by atoms with Crippen molar-refractivity contribution in [1.82, 2.24) is 10.4 Å². The zero-order chi connectivity index (χ0) is 19.2. The molecule has 0 heterocycles. The van der Waals surface area contributed by atoms with E-state index in [0.717, 1.165) is 10.5 Å². The molecule has 0 spiro atoms. The number of carbonyl (C=O) groups excluding carboxylic acids is 1. The summed E-state index contributed by atoms with van der Waals surface area (Å²) in [5, 5.41) is 9.35. The molecule has 1 aromatic rings. The summed E-state index contributed by atoms with van der Waals surface area (Å²) < 4.78 is 3.25. The number of hydroxylamine groups is 1. The molecule has 2 rings (SSSR count). The lowest BCUT2D eigenvalue weighted by molar-refractivity contribution is -0.0452. The van der Waals surface area contributed by atoms with E-state index in [1.54, 1.807) is 12.2 Å². The average Bonchev–Trinajstić information content (AvgIpc) is 3.04. The number of nitrogens with zero attached hydrogens (tertiary/aromatic N) is 1. The van der Waals surface area contributed by atoms with E-state index in [-0.39, 0.29) is 13.2 Å². The first kappa shape index (κ1) is 20.6. The predicted octanol–water partition coefficient (Wildman–Crippen LogP) is 3.89. The Hall–Kier alpha value is -1.67. The monoisotopic (exact) mass is 422 g/mol. The van der Waals surface area contributed by atoms with E-state index >= 15 is 0 Å². The number of carboxylic acid groups (broad SMARTS) is 1. The molecule has 0 aliphatic heterocycles. The van der Waals surface area contributed by atoms with Crippen molar-refractivity contribution in [3.63, 3.8) is 0 Å². The number of alkyl halides is 3. The van der Waals surface area contributed by atoms with Gasteiger partial charge < -0.3 is 9.84 Å². The van der Waals surface area contributed by atoms with Crippen molar-refractivity contribution in [2.24, 2.45) is 0 Å². The van der Waals surface area contributed by atoms with Crippen molar-refractivity contribution >= 4 is 47.0 Å². The van der Waals surface area contributed by atoms with Crippen LogP contribution in [0, 0.1) is 0 Å². The number of hydrogen-bond donors (Lipinski definition) is 2. The Bertz CT molecular complexity index is 651. The smallest absolute Gasteiger partial charge is 0.431 e. The summed E-state index contributed by atoms with van der Waals surface area (Å²) in [5.74, 6) is 0. The van der Waals surface area contributed by atoms with Crippen molar-refractivity contribution < 1.29 is 24.3 Å². The summed E-state index contributed by atoms with van der Waals surface area (Å²) in [7, 11) is 0. The van der Waals surface area contributed by atoms with Gasteiger partial charge in [-0.2, -0.15) is 5.48 Å². The van der Waals surface area contributed by atoms with E-state index < -0.39 is 28.1 Å². The molecule has 2 atom stereocenters. The molecule has 0 unspecified atom stereocenters. The van der Waals surface area contributed by atoms with Crippen LogP contribution in [0.3, 0.4) is 0 Å². The lowest BCUT2D eigenvalue weighted by Crippen LogP contribution is -2.49. The minimum Gasteiger partial charge on any atom is -0.465 e. The molecule has 1 aromatic carbocycles. The third kappa shape index (κ3) is 6.57. The molecule has 0 fully saturated rings. The lowest BCUT2D eigenvalue weighted by Gasteiger charge is -2.31. The summed E-state index contributed by atoms with van der Waals surface area (Å²) in [6, 6.07) is 8.42. The second-order valence-corrected chi connectivity index (χ2v) is 8.02. The molecule has 0 aromatic heterocycles. The van der Waals surface area contributed by atoms with E-state index in [1.807, 2.05) is 30.3 Å². The minimum absolute atomic E-state index is 0.0803. The van der Waals surface area contributed by atoms with Crippen LogP contribution in [-0.4, -0.2) is 44.7 Å². The Balaban J connectivity index is 1.85. The van der Waals surface area contributed by atoms with E-state index in [4.69, 9.17) is 44.4 Å². The highest BCUT2D eigenvalue weighted by Crippen LogP contribution is 2.30. The van der Waals surface area contributed by atoms with E-state index in [9.17, 15) is 14.7 Å². The van der Waals surface area contributed by atoms with Crippen LogP contribution in [0.1, 0.15) is 12.0 Å². The zero-order valence-corrected chi connectivity index (χ0v) is 15.7. The largest absolute Gasteiger partial charge is 0.465 e. The van der Waals surface area contributed by atoms with Gasteiger partial charge in [0.05, 0.1) is 12.6 Å². The van der Waals surface area contributed by atoms with Gasteiger partial charge in [-0.05, 0) is 12.0 Å². The maximum atomic E-state index is 11.7. The number of benzene rings is 1. The number of rotatable bonds is 6. The SMILES string of the molecule is O=C(NO[C@H]1CC=C[C@H]1N(CC(Cl)(Cl)Cl)C(=O)O)OCc1ccccc1. The van der Waals surface area contributed by atoms with Gasteiger partial charge in [-0.25, -0.2) is 9.59 Å². The maximum Gasteiger partial charge on any atom is 0.431 e. The number of nitrogens with one attached hydrogen (secondary N) is 1. The molecule has 2 N–H and O–H groups in total. The van der Waals surface area contributed by atoms with Gasteiger partial charge in [-0.1, -0.05) is 77.3 Å². The third-order valence-corrected chi connectivity index (χ3v) is 3.90. The van der Waals surface area contributed by atoms with Crippen molar-refractivity contribution in [1.29, 1.82) is 0 Å². The van der Waals surface area contributed by atoms with Gasteiger partial charge in [-0.15, -0.1) is 0 Å². The van der Waals surface area contributed by atoms with E-state index in [1.165, 1.54) is 0 Å². The Kier molecular flexibility index (Phi) is 7.40. The maximum absolute atomic E-state index is 11.7. The van der Waals surface area contributed by atoms with Crippen LogP contribution in [0.5, 0.6) is 0 Å². The van der Waals surface area contributed by atoms with Crippen LogP contribution in [0.15, 0.2) is 42.5 Å². The summed E-state index contributed by atoms with van der Waals surface area (Å²) in [4.78, 5) is 29.4. The highest BCUT2D eigenvalue weighted by Gasteiger charge is 2.37. The first-order chi connectivity index (χ1) is 12.3. The first-order valence-electron chi connectivity index (χ1n) is 7.61. The predicted molar refractivity (Wildman–Crippen MR) is 97.2 cm³/mol. The van der Waals surface area contributed by atoms with E-state index in [2.05, 4.69) is 5.48 Å². The van der Waals surface area contributed by atoms with E-state index in [0.29, 0.717) is 6.42 Å². The van der Waals surface area contributed by atoms with Crippen LogP contribution >= 0.6 is 34.8 Å². The zero-order valence-electron chi connectivity index (χ0n) is 13.5. The van der Waals surface area contributed by atoms with Crippen LogP contribution in [0.2, 0.25) is 0 Å². The van der Waals surface area contributed by atoms with Gasteiger partial charge in [-0.3, -0.25) is 9.74 Å². The highest BCUT2D eigenvalue weighted by atomic mass is 35.6. The lowest BCUT2D eigenvalue weighted by atomic mass is 10.2. The average molecular weight is 424 g/mol. The Morgan fingerprint density at radius 2 is 1.96 bits per heavy atom. The number of ether oxygens (including phenoxy) is 1. The topological polar surface area (TPSA) is 88.1 Å². The Morgan fingerprint density at radius 3 is 2.58 bits per heavy atom. The third-order valence-electron chi connectivity index (χ3n) is 3.54. The molecular formula is C16H17Cl3N2O5. The summed E-state index contributed by atoms with van der Waals surface area (Å²) >= 11 is 17.1. The molecule has 0 saturated heterocycles. The van der Waals surface area contributed by atoms with Gasteiger partial charge in [0.25, 0.3) is 0 Å². The molecule has 0 bridgehead atoms. The molecule has 1 aliphatic carbocycles. The number of hydrogen-bond acceptors (Lipinski definition) is 4. The fourth-order valence-corrected chi connectivity index (χ4v) is 2.79. The van der Waals surface area contributed by atoms with Crippen LogP contribution in [0.25, 0.3) is 0 Å². The fourth-order valence-electron chi connectivity index (χ4n) is 2.41. The van der Waals surface area contributed by atoms with Gasteiger partial charge >= 0.3 is 12.2 Å². The van der Waals surface area contributed by atoms with Crippen molar-refractivity contribution in [2.45, 2.75) is 29.0 Å². The molecule has 10 heteroatoms. The van der Waals surface area contributed by atoms with Crippen molar-refractivity contribution in [2.75, 3.05) is 6.54 Å². The van der Waals surface area contributed by atoms with Crippen LogP contribution in [0.4, 0.5) is 9.59 Å². The Morgan fingerprint density at radius 1 is 1.27 bits per heavy atom. The summed E-state index contributed by atoms with van der Waals surface area (Å²) in [6.45, 7) is -0.267. The standard InChI is InChI=1S/C16H17Cl3N2O5/c17-16(18,19)10-21(15(23)24)12-7-4-8-13(12)26-20-14(22)25-9-11-5-2-1-3-6-11/h1-7,12-13H,8-10H2,(H,20,22)(H,23,24)/t12-,13+/m1/s1. The van der Waals surface area contributed by atoms with Gasteiger partial charge in [0, 0.05) is 0 Å². The van der Waals surface area contributed by atoms with Crippen LogP contribution in [-0.2, 0) is 16.2 Å². The van der Waals surface area contributed by atoms with Crippen LogP contribution < -0.4 is 5.48 Å².